The quantitative estimate of drug-likeness (QED) is 0.651. The summed E-state index contributed by atoms with van der Waals surface area (Å²) in [5, 5.41) is 0. The lowest BCUT2D eigenvalue weighted by molar-refractivity contribution is 0.299. The lowest BCUT2D eigenvalue weighted by Crippen LogP contribution is -2.49. The minimum atomic E-state index is -0.0985. The fraction of sp³-hybridized carbons (Fsp3) is 1.00. The second-order valence-corrected chi connectivity index (χ2v) is 7.10. The highest BCUT2D eigenvalue weighted by molar-refractivity contribution is 6.34. The Balaban J connectivity index is 3.84. The van der Waals surface area contributed by atoms with E-state index < -0.39 is 0 Å². The summed E-state index contributed by atoms with van der Waals surface area (Å²) in [5.74, 6) is 0. The van der Waals surface area contributed by atoms with E-state index in [0.29, 0.717) is 0 Å². The zero-order valence-corrected chi connectivity index (χ0v) is 12.3. The molecular formula is C11H28N2Si. The van der Waals surface area contributed by atoms with Crippen molar-refractivity contribution in [3.05, 3.63) is 0 Å². The predicted octanol–water partition coefficient (Wildman–Crippen LogP) is 1.61. The molecule has 2 nitrogen and oxygen atoms in total. The summed E-state index contributed by atoms with van der Waals surface area (Å²) in [6.07, 6.45) is 2.68. The molecule has 0 fully saturated rings. The SMILES string of the molecule is CCC(CC)[SiH2]NC(C)(C)CN(C)C. The van der Waals surface area contributed by atoms with Gasteiger partial charge in [0.25, 0.3) is 0 Å². The Bertz CT molecular complexity index is 142. The fourth-order valence-electron chi connectivity index (χ4n) is 1.84. The molecule has 0 aromatic carbocycles. The van der Waals surface area contributed by atoms with E-state index in [1.54, 1.807) is 0 Å². The van der Waals surface area contributed by atoms with Crippen molar-refractivity contribution in [2.45, 2.75) is 51.6 Å². The number of hydrogen-bond acceptors (Lipinski definition) is 2. The second kappa shape index (κ2) is 6.59. The summed E-state index contributed by atoms with van der Waals surface area (Å²) in [6.45, 7) is 10.4. The van der Waals surface area contributed by atoms with E-state index in [9.17, 15) is 0 Å². The van der Waals surface area contributed by atoms with Gasteiger partial charge < -0.3 is 9.88 Å². The van der Waals surface area contributed by atoms with Crippen LogP contribution in [0.2, 0.25) is 5.54 Å². The molecule has 0 atom stereocenters. The molecule has 0 saturated heterocycles. The molecule has 0 unspecified atom stereocenters. The van der Waals surface area contributed by atoms with Gasteiger partial charge in [0.15, 0.2) is 0 Å². The van der Waals surface area contributed by atoms with Gasteiger partial charge in [0.05, 0.1) is 9.68 Å². The Hall–Kier alpha value is 0.137. The summed E-state index contributed by atoms with van der Waals surface area (Å²) in [5.41, 5.74) is 1.26. The van der Waals surface area contributed by atoms with Gasteiger partial charge in [-0.15, -0.1) is 0 Å². The summed E-state index contributed by atoms with van der Waals surface area (Å²) in [7, 11) is 4.18. The smallest absolute Gasteiger partial charge is 0.0953 e. The minimum absolute atomic E-state index is 0.0985. The van der Waals surface area contributed by atoms with Crippen LogP contribution in [0.15, 0.2) is 0 Å². The molecule has 0 bridgehead atoms. The third kappa shape index (κ3) is 6.57. The van der Waals surface area contributed by atoms with Gasteiger partial charge in [0.1, 0.15) is 0 Å². The molecule has 0 aliphatic heterocycles. The molecule has 14 heavy (non-hydrogen) atoms. The van der Waals surface area contributed by atoms with Crippen molar-refractivity contribution in [2.75, 3.05) is 20.6 Å². The van der Waals surface area contributed by atoms with Gasteiger partial charge in [-0.2, -0.15) is 0 Å². The van der Waals surface area contributed by atoms with Gasteiger partial charge in [-0.05, 0) is 33.5 Å². The fourth-order valence-corrected chi connectivity index (χ4v) is 3.37. The van der Waals surface area contributed by atoms with Crippen molar-refractivity contribution < 1.29 is 0 Å². The van der Waals surface area contributed by atoms with Crippen molar-refractivity contribution in [1.82, 2.24) is 9.88 Å². The number of likely N-dealkylation sites (N-methyl/N-ethyl adjacent to an activating group) is 1. The maximum Gasteiger partial charge on any atom is 0.0953 e. The van der Waals surface area contributed by atoms with Crippen LogP contribution in [-0.2, 0) is 0 Å². The predicted molar refractivity (Wildman–Crippen MR) is 68.6 cm³/mol. The average Bonchev–Trinajstić information content (AvgIpc) is 2.03. The molecule has 0 aliphatic carbocycles. The average molecular weight is 216 g/mol. The lowest BCUT2D eigenvalue weighted by Gasteiger charge is -2.31. The Morgan fingerprint density at radius 1 is 1.21 bits per heavy atom. The number of nitrogens with zero attached hydrogens (tertiary/aromatic N) is 1. The minimum Gasteiger partial charge on any atom is -0.336 e. The molecule has 86 valence electrons. The van der Waals surface area contributed by atoms with E-state index in [-0.39, 0.29) is 15.2 Å². The van der Waals surface area contributed by atoms with Crippen molar-refractivity contribution >= 4 is 9.68 Å². The highest BCUT2D eigenvalue weighted by atomic mass is 28.2. The van der Waals surface area contributed by atoms with Crippen LogP contribution in [-0.4, -0.2) is 40.8 Å². The van der Waals surface area contributed by atoms with Gasteiger partial charge in [0, 0.05) is 12.1 Å². The van der Waals surface area contributed by atoms with Gasteiger partial charge in [-0.3, -0.25) is 0 Å². The van der Waals surface area contributed by atoms with E-state index >= 15 is 0 Å². The number of rotatable bonds is 7. The van der Waals surface area contributed by atoms with E-state index in [1.807, 2.05) is 0 Å². The Kier molecular flexibility index (Phi) is 6.65. The van der Waals surface area contributed by atoms with Crippen molar-refractivity contribution in [2.24, 2.45) is 0 Å². The highest BCUT2D eigenvalue weighted by Crippen LogP contribution is 2.13. The molecule has 1 N–H and O–H groups in total. The van der Waals surface area contributed by atoms with Gasteiger partial charge in [0.2, 0.25) is 0 Å². The van der Waals surface area contributed by atoms with Gasteiger partial charge in [-0.1, -0.05) is 26.7 Å². The van der Waals surface area contributed by atoms with Crippen LogP contribution in [0.5, 0.6) is 0 Å². The standard InChI is InChI=1S/C11H28N2Si/c1-7-10(8-2)14-12-11(3,4)9-13(5)6/h10,12H,7-9,14H2,1-6H3. The maximum absolute atomic E-state index is 3.79. The molecule has 0 heterocycles. The van der Waals surface area contributed by atoms with Crippen LogP contribution in [0.1, 0.15) is 40.5 Å². The van der Waals surface area contributed by atoms with Gasteiger partial charge in [-0.25, -0.2) is 0 Å². The third-order valence-electron chi connectivity index (χ3n) is 2.74. The molecule has 0 rings (SSSR count). The summed E-state index contributed by atoms with van der Waals surface area (Å²) in [4.78, 5) is 6.05. The Morgan fingerprint density at radius 2 is 1.71 bits per heavy atom. The summed E-state index contributed by atoms with van der Waals surface area (Å²) >= 11 is 0. The zero-order valence-electron chi connectivity index (χ0n) is 10.9. The van der Waals surface area contributed by atoms with Crippen LogP contribution in [0.4, 0.5) is 0 Å². The Morgan fingerprint density at radius 3 is 2.07 bits per heavy atom. The second-order valence-electron chi connectivity index (χ2n) is 5.19. The topological polar surface area (TPSA) is 15.3 Å². The van der Waals surface area contributed by atoms with Crippen LogP contribution >= 0.6 is 0 Å². The van der Waals surface area contributed by atoms with Crippen LogP contribution in [0.25, 0.3) is 0 Å². The van der Waals surface area contributed by atoms with E-state index in [2.05, 4.69) is 51.7 Å². The summed E-state index contributed by atoms with van der Waals surface area (Å²) in [6, 6.07) is 0. The largest absolute Gasteiger partial charge is 0.336 e. The highest BCUT2D eigenvalue weighted by Gasteiger charge is 2.18. The molecule has 0 spiro atoms. The first kappa shape index (κ1) is 14.1. The summed E-state index contributed by atoms with van der Waals surface area (Å²) < 4.78 is 0. The van der Waals surface area contributed by atoms with E-state index in [4.69, 9.17) is 0 Å². The third-order valence-corrected chi connectivity index (χ3v) is 5.63. The molecule has 0 saturated carbocycles. The van der Waals surface area contributed by atoms with E-state index in [0.717, 1.165) is 12.1 Å². The van der Waals surface area contributed by atoms with E-state index in [1.165, 1.54) is 12.8 Å². The monoisotopic (exact) mass is 216 g/mol. The molecule has 0 amide bonds. The lowest BCUT2D eigenvalue weighted by atomic mass is 10.1. The van der Waals surface area contributed by atoms with Crippen LogP contribution in [0, 0.1) is 0 Å². The normalized spacial score (nSPS) is 13.7. The first-order chi connectivity index (χ1) is 6.41. The zero-order chi connectivity index (χ0) is 11.2. The maximum atomic E-state index is 3.79. The van der Waals surface area contributed by atoms with Crippen LogP contribution < -0.4 is 4.98 Å². The molecule has 0 radical (unpaired) electrons. The molecule has 3 heteroatoms. The number of nitrogens with one attached hydrogen (secondary N) is 1. The number of hydrogen-bond donors (Lipinski definition) is 1. The van der Waals surface area contributed by atoms with Crippen molar-refractivity contribution in [3.8, 4) is 0 Å². The first-order valence-corrected chi connectivity index (χ1v) is 7.33. The van der Waals surface area contributed by atoms with Gasteiger partial charge >= 0.3 is 0 Å². The molecule has 0 aliphatic rings. The van der Waals surface area contributed by atoms with Crippen molar-refractivity contribution in [3.63, 3.8) is 0 Å². The Labute approximate surface area is 92.4 Å². The van der Waals surface area contributed by atoms with Crippen molar-refractivity contribution in [1.29, 1.82) is 0 Å². The first-order valence-electron chi connectivity index (χ1n) is 5.81. The van der Waals surface area contributed by atoms with Crippen LogP contribution in [0.3, 0.4) is 0 Å². The molecule has 0 aromatic heterocycles. The molecular weight excluding hydrogens is 188 g/mol. The molecule has 0 aromatic rings.